The first-order valence-corrected chi connectivity index (χ1v) is 7.13. The number of aromatic nitrogens is 2. The van der Waals surface area contributed by atoms with Crippen LogP contribution in [0.1, 0.15) is 24.2 Å². The minimum absolute atomic E-state index is 0.175. The van der Waals surface area contributed by atoms with E-state index in [0.29, 0.717) is 0 Å². The Morgan fingerprint density at radius 2 is 1.95 bits per heavy atom. The average molecular weight is 289 g/mol. The Morgan fingerprint density at radius 1 is 1.19 bits per heavy atom. The van der Waals surface area contributed by atoms with Gasteiger partial charge in [-0.3, -0.25) is 4.68 Å². The van der Waals surface area contributed by atoms with Crippen LogP contribution in [0.5, 0.6) is 11.5 Å². The first kappa shape index (κ1) is 15.4. The number of hydrogen-bond acceptors (Lipinski definition) is 4. The molecule has 1 aromatic heterocycles. The Labute approximate surface area is 125 Å². The molecule has 0 aliphatic heterocycles. The fourth-order valence-corrected chi connectivity index (χ4v) is 2.36. The molecule has 0 radical (unpaired) electrons. The van der Waals surface area contributed by atoms with Gasteiger partial charge in [-0.25, -0.2) is 0 Å². The summed E-state index contributed by atoms with van der Waals surface area (Å²) in [5.41, 5.74) is 2.18. The van der Waals surface area contributed by atoms with Gasteiger partial charge in [0, 0.05) is 6.20 Å². The smallest absolute Gasteiger partial charge is 0.161 e. The van der Waals surface area contributed by atoms with Crippen LogP contribution >= 0.6 is 0 Å². The molecule has 0 spiro atoms. The van der Waals surface area contributed by atoms with Crippen LogP contribution in [0.3, 0.4) is 0 Å². The summed E-state index contributed by atoms with van der Waals surface area (Å²) in [6.45, 7) is 5.76. The highest BCUT2D eigenvalue weighted by molar-refractivity contribution is 5.43. The molecule has 2 rings (SSSR count). The molecular formula is C16H23N3O2. The number of likely N-dealkylation sites (N-methyl/N-ethyl adjacent to an activating group) is 1. The van der Waals surface area contributed by atoms with Crippen LogP contribution in [-0.2, 0) is 6.54 Å². The highest BCUT2D eigenvalue weighted by atomic mass is 16.5. The van der Waals surface area contributed by atoms with Crippen molar-refractivity contribution >= 4 is 0 Å². The van der Waals surface area contributed by atoms with Crippen LogP contribution in [0.25, 0.3) is 0 Å². The number of hydrogen-bond donors (Lipinski definition) is 1. The van der Waals surface area contributed by atoms with E-state index in [0.717, 1.165) is 35.8 Å². The molecule has 1 heterocycles. The van der Waals surface area contributed by atoms with E-state index in [4.69, 9.17) is 9.47 Å². The summed E-state index contributed by atoms with van der Waals surface area (Å²) in [5.74, 6) is 1.49. The second kappa shape index (κ2) is 7.13. The first-order chi connectivity index (χ1) is 10.2. The highest BCUT2D eigenvalue weighted by Crippen LogP contribution is 2.30. The molecule has 0 amide bonds. The number of nitrogens with one attached hydrogen (secondary N) is 1. The largest absolute Gasteiger partial charge is 0.493 e. The SMILES string of the molecule is CCNC(Cn1ccc(C)n1)c1ccc(OC)c(OC)c1. The molecule has 114 valence electrons. The van der Waals surface area contributed by atoms with Gasteiger partial charge in [0.1, 0.15) is 0 Å². The van der Waals surface area contributed by atoms with E-state index in [9.17, 15) is 0 Å². The predicted molar refractivity (Wildman–Crippen MR) is 82.9 cm³/mol. The van der Waals surface area contributed by atoms with Crippen molar-refractivity contribution in [1.82, 2.24) is 15.1 Å². The lowest BCUT2D eigenvalue weighted by Crippen LogP contribution is -2.25. The van der Waals surface area contributed by atoms with E-state index in [1.807, 2.05) is 36.0 Å². The Kier molecular flexibility index (Phi) is 5.22. The normalized spacial score (nSPS) is 12.2. The third-order valence-corrected chi connectivity index (χ3v) is 3.40. The maximum absolute atomic E-state index is 5.38. The fourth-order valence-electron chi connectivity index (χ4n) is 2.36. The Morgan fingerprint density at radius 3 is 2.52 bits per heavy atom. The quantitative estimate of drug-likeness (QED) is 0.851. The summed E-state index contributed by atoms with van der Waals surface area (Å²) in [6.07, 6.45) is 2.00. The van der Waals surface area contributed by atoms with E-state index in [2.05, 4.69) is 23.4 Å². The topological polar surface area (TPSA) is 48.3 Å². The van der Waals surface area contributed by atoms with Crippen molar-refractivity contribution in [3.8, 4) is 11.5 Å². The third-order valence-electron chi connectivity index (χ3n) is 3.40. The zero-order valence-corrected chi connectivity index (χ0v) is 13.1. The third kappa shape index (κ3) is 3.76. The van der Waals surface area contributed by atoms with Gasteiger partial charge >= 0.3 is 0 Å². The lowest BCUT2D eigenvalue weighted by molar-refractivity contribution is 0.353. The number of aryl methyl sites for hydroxylation is 1. The molecular weight excluding hydrogens is 266 g/mol. The number of benzene rings is 1. The zero-order valence-electron chi connectivity index (χ0n) is 13.1. The Bertz CT molecular complexity index is 581. The molecule has 5 heteroatoms. The average Bonchev–Trinajstić information content (AvgIpc) is 2.91. The summed E-state index contributed by atoms with van der Waals surface area (Å²) >= 11 is 0. The highest BCUT2D eigenvalue weighted by Gasteiger charge is 2.14. The molecule has 1 aromatic carbocycles. The van der Waals surface area contributed by atoms with Gasteiger partial charge in [-0.2, -0.15) is 5.10 Å². The van der Waals surface area contributed by atoms with Crippen LogP contribution in [0.4, 0.5) is 0 Å². The Balaban J connectivity index is 2.24. The van der Waals surface area contributed by atoms with E-state index in [-0.39, 0.29) is 6.04 Å². The molecule has 0 saturated heterocycles. The van der Waals surface area contributed by atoms with Gasteiger partial charge in [-0.05, 0) is 37.2 Å². The lowest BCUT2D eigenvalue weighted by Gasteiger charge is -2.20. The number of ether oxygens (including phenoxy) is 2. The van der Waals surface area contributed by atoms with Gasteiger partial charge in [0.25, 0.3) is 0 Å². The molecule has 2 aromatic rings. The molecule has 1 atom stereocenters. The van der Waals surface area contributed by atoms with E-state index >= 15 is 0 Å². The van der Waals surface area contributed by atoms with Crippen LogP contribution in [0.15, 0.2) is 30.5 Å². The molecule has 0 saturated carbocycles. The van der Waals surface area contributed by atoms with Gasteiger partial charge in [0.15, 0.2) is 11.5 Å². The molecule has 0 bridgehead atoms. The number of rotatable bonds is 7. The molecule has 21 heavy (non-hydrogen) atoms. The summed E-state index contributed by atoms with van der Waals surface area (Å²) in [7, 11) is 3.30. The van der Waals surface area contributed by atoms with E-state index in [1.165, 1.54) is 0 Å². The Hall–Kier alpha value is -2.01. The van der Waals surface area contributed by atoms with Crippen LogP contribution in [-0.4, -0.2) is 30.5 Å². The molecule has 5 nitrogen and oxygen atoms in total. The van der Waals surface area contributed by atoms with Crippen molar-refractivity contribution in [2.75, 3.05) is 20.8 Å². The van der Waals surface area contributed by atoms with Gasteiger partial charge in [0.2, 0.25) is 0 Å². The standard InChI is InChI=1S/C16H23N3O2/c1-5-17-14(11-19-9-8-12(2)18-19)13-6-7-15(20-3)16(10-13)21-4/h6-10,14,17H,5,11H2,1-4H3. The summed E-state index contributed by atoms with van der Waals surface area (Å²) < 4.78 is 12.6. The summed E-state index contributed by atoms with van der Waals surface area (Å²) in [5, 5.41) is 7.94. The van der Waals surface area contributed by atoms with Crippen molar-refractivity contribution in [3.05, 3.63) is 41.7 Å². The predicted octanol–water partition coefficient (Wildman–Crippen LogP) is 2.56. The monoisotopic (exact) mass is 289 g/mol. The minimum Gasteiger partial charge on any atom is -0.493 e. The van der Waals surface area contributed by atoms with Crippen molar-refractivity contribution < 1.29 is 9.47 Å². The maximum atomic E-state index is 5.38. The van der Waals surface area contributed by atoms with E-state index in [1.54, 1.807) is 14.2 Å². The summed E-state index contributed by atoms with van der Waals surface area (Å²) in [4.78, 5) is 0. The van der Waals surface area contributed by atoms with E-state index < -0.39 is 0 Å². The lowest BCUT2D eigenvalue weighted by atomic mass is 10.1. The second-order valence-electron chi connectivity index (χ2n) is 4.90. The van der Waals surface area contributed by atoms with Crippen molar-refractivity contribution in [2.24, 2.45) is 0 Å². The molecule has 0 fully saturated rings. The second-order valence-corrected chi connectivity index (χ2v) is 4.90. The van der Waals surface area contributed by atoms with Crippen molar-refractivity contribution in [3.63, 3.8) is 0 Å². The number of nitrogens with zero attached hydrogens (tertiary/aromatic N) is 2. The summed E-state index contributed by atoms with van der Waals surface area (Å²) in [6, 6.07) is 8.20. The van der Waals surface area contributed by atoms with Gasteiger partial charge in [-0.1, -0.05) is 13.0 Å². The van der Waals surface area contributed by atoms with Gasteiger partial charge < -0.3 is 14.8 Å². The number of methoxy groups -OCH3 is 2. The molecule has 0 aliphatic rings. The van der Waals surface area contributed by atoms with Crippen molar-refractivity contribution in [1.29, 1.82) is 0 Å². The molecule has 1 unspecified atom stereocenters. The molecule has 0 aliphatic carbocycles. The van der Waals surface area contributed by atoms with Crippen LogP contribution < -0.4 is 14.8 Å². The minimum atomic E-state index is 0.175. The van der Waals surface area contributed by atoms with Crippen LogP contribution in [0, 0.1) is 6.92 Å². The molecule has 1 N–H and O–H groups in total. The van der Waals surface area contributed by atoms with Crippen LogP contribution in [0.2, 0.25) is 0 Å². The first-order valence-electron chi connectivity index (χ1n) is 7.13. The van der Waals surface area contributed by atoms with Gasteiger partial charge in [0.05, 0.1) is 32.5 Å². The fraction of sp³-hybridized carbons (Fsp3) is 0.438. The van der Waals surface area contributed by atoms with Gasteiger partial charge in [-0.15, -0.1) is 0 Å². The zero-order chi connectivity index (χ0) is 15.2. The maximum Gasteiger partial charge on any atom is 0.161 e. The van der Waals surface area contributed by atoms with Crippen molar-refractivity contribution in [2.45, 2.75) is 26.4 Å².